The van der Waals surface area contributed by atoms with Crippen molar-refractivity contribution in [3.05, 3.63) is 53.1 Å². The highest BCUT2D eigenvalue weighted by atomic mass is 35.5. The summed E-state index contributed by atoms with van der Waals surface area (Å²) in [5.74, 6) is -0.0700. The number of hydrogen-bond donors (Lipinski definition) is 1. The van der Waals surface area contributed by atoms with Gasteiger partial charge in [-0.3, -0.25) is 14.4 Å². The van der Waals surface area contributed by atoms with Gasteiger partial charge in [0.05, 0.1) is 5.69 Å². The third kappa shape index (κ3) is 4.28. The molecule has 1 aliphatic rings. The Labute approximate surface area is 162 Å². The van der Waals surface area contributed by atoms with Crippen LogP contribution in [-0.2, 0) is 9.59 Å². The molecule has 6 nitrogen and oxygen atoms in total. The van der Waals surface area contributed by atoms with Crippen LogP contribution in [0.15, 0.2) is 42.5 Å². The van der Waals surface area contributed by atoms with Gasteiger partial charge in [0.15, 0.2) is 11.9 Å². The molecule has 1 atom stereocenters. The Bertz CT molecular complexity index is 913. The van der Waals surface area contributed by atoms with Crippen LogP contribution in [0.3, 0.4) is 0 Å². The van der Waals surface area contributed by atoms with Gasteiger partial charge >= 0.3 is 0 Å². The van der Waals surface area contributed by atoms with E-state index in [1.807, 2.05) is 0 Å². The molecule has 2 aromatic rings. The molecule has 27 heavy (non-hydrogen) atoms. The fourth-order valence-electron chi connectivity index (χ4n) is 2.85. The number of hydrogen-bond acceptors (Lipinski definition) is 4. The zero-order valence-corrected chi connectivity index (χ0v) is 15.7. The van der Waals surface area contributed by atoms with E-state index < -0.39 is 6.10 Å². The van der Waals surface area contributed by atoms with E-state index in [1.54, 1.807) is 56.4 Å². The molecule has 1 heterocycles. The average Bonchev–Trinajstić information content (AvgIpc) is 2.64. The summed E-state index contributed by atoms with van der Waals surface area (Å²) in [7, 11) is 1.65. The second kappa shape index (κ2) is 7.80. The molecule has 0 aromatic heterocycles. The van der Waals surface area contributed by atoms with Crippen LogP contribution in [-0.4, -0.2) is 30.7 Å². The number of Topliss-reactive ketones (excluding diaryl/α,β-unsaturated/α-hetero) is 1. The van der Waals surface area contributed by atoms with Gasteiger partial charge in [-0.25, -0.2) is 0 Å². The van der Waals surface area contributed by atoms with E-state index in [2.05, 4.69) is 5.32 Å². The van der Waals surface area contributed by atoms with Gasteiger partial charge < -0.3 is 15.0 Å². The van der Waals surface area contributed by atoms with Crippen molar-refractivity contribution in [1.29, 1.82) is 0 Å². The second-order valence-corrected chi connectivity index (χ2v) is 6.76. The predicted octanol–water partition coefficient (Wildman–Crippen LogP) is 3.69. The van der Waals surface area contributed by atoms with E-state index in [4.69, 9.17) is 16.3 Å². The third-order valence-corrected chi connectivity index (χ3v) is 4.55. The Morgan fingerprint density at radius 2 is 1.96 bits per heavy atom. The van der Waals surface area contributed by atoms with Gasteiger partial charge in [-0.2, -0.15) is 0 Å². The quantitative estimate of drug-likeness (QED) is 0.795. The molecule has 0 aliphatic carbocycles. The smallest absolute Gasteiger partial charge is 0.267 e. The molecular weight excluding hydrogens is 368 g/mol. The molecule has 1 N–H and O–H groups in total. The lowest BCUT2D eigenvalue weighted by Crippen LogP contribution is -2.42. The van der Waals surface area contributed by atoms with Gasteiger partial charge in [0, 0.05) is 36.2 Å². The highest BCUT2D eigenvalue weighted by Crippen LogP contribution is 2.34. The number of nitrogens with one attached hydrogen (secondary N) is 1. The van der Waals surface area contributed by atoms with Crippen molar-refractivity contribution >= 4 is 40.6 Å². The molecular formula is C20H19ClN2O4. The highest BCUT2D eigenvalue weighted by Gasteiger charge is 2.29. The SMILES string of the molecule is CC1Oc2ccc(C(=O)CCC(=O)Nc3cccc(Cl)c3)cc2N(C)C1=O. The maximum absolute atomic E-state index is 12.4. The summed E-state index contributed by atoms with van der Waals surface area (Å²) in [5, 5.41) is 3.23. The number of ketones is 1. The second-order valence-electron chi connectivity index (χ2n) is 6.32. The van der Waals surface area contributed by atoms with Crippen LogP contribution in [0.25, 0.3) is 0 Å². The number of amides is 2. The number of nitrogens with zero attached hydrogens (tertiary/aromatic N) is 1. The molecule has 1 unspecified atom stereocenters. The molecule has 0 saturated carbocycles. The number of halogens is 1. The molecule has 0 spiro atoms. The number of likely N-dealkylation sites (N-methyl/N-ethyl adjacent to an activating group) is 1. The van der Waals surface area contributed by atoms with Crippen molar-refractivity contribution in [3.63, 3.8) is 0 Å². The summed E-state index contributed by atoms with van der Waals surface area (Å²) < 4.78 is 5.55. The van der Waals surface area contributed by atoms with E-state index in [0.29, 0.717) is 27.7 Å². The van der Waals surface area contributed by atoms with Gasteiger partial charge in [-0.15, -0.1) is 0 Å². The summed E-state index contributed by atoms with van der Waals surface area (Å²) in [5.41, 5.74) is 1.56. The van der Waals surface area contributed by atoms with Crippen molar-refractivity contribution in [1.82, 2.24) is 0 Å². The normalized spacial score (nSPS) is 15.7. The Hall–Kier alpha value is -2.86. The van der Waals surface area contributed by atoms with Crippen molar-refractivity contribution < 1.29 is 19.1 Å². The fraction of sp³-hybridized carbons (Fsp3) is 0.250. The first-order chi connectivity index (χ1) is 12.8. The van der Waals surface area contributed by atoms with Crippen LogP contribution < -0.4 is 15.0 Å². The zero-order valence-electron chi connectivity index (χ0n) is 15.0. The van der Waals surface area contributed by atoms with Crippen LogP contribution in [0.4, 0.5) is 11.4 Å². The summed E-state index contributed by atoms with van der Waals surface area (Å²) in [6.45, 7) is 1.68. The fourth-order valence-corrected chi connectivity index (χ4v) is 3.04. The molecule has 0 fully saturated rings. The van der Waals surface area contributed by atoms with E-state index in [9.17, 15) is 14.4 Å². The molecule has 0 bridgehead atoms. The lowest BCUT2D eigenvalue weighted by molar-refractivity contribution is -0.125. The minimum Gasteiger partial charge on any atom is -0.479 e. The largest absolute Gasteiger partial charge is 0.479 e. The van der Waals surface area contributed by atoms with Crippen molar-refractivity contribution in [2.75, 3.05) is 17.3 Å². The summed E-state index contributed by atoms with van der Waals surface area (Å²) >= 11 is 5.88. The van der Waals surface area contributed by atoms with Gasteiger partial charge in [-0.05, 0) is 43.3 Å². The Morgan fingerprint density at radius 3 is 2.70 bits per heavy atom. The summed E-state index contributed by atoms with van der Waals surface area (Å²) in [4.78, 5) is 38.0. The number of carbonyl (C=O) groups excluding carboxylic acids is 3. The van der Waals surface area contributed by atoms with Crippen LogP contribution in [0, 0.1) is 0 Å². The van der Waals surface area contributed by atoms with Crippen LogP contribution >= 0.6 is 11.6 Å². The molecule has 0 radical (unpaired) electrons. The van der Waals surface area contributed by atoms with Gasteiger partial charge in [0.2, 0.25) is 5.91 Å². The maximum atomic E-state index is 12.4. The Kier molecular flexibility index (Phi) is 5.46. The van der Waals surface area contributed by atoms with Gasteiger partial charge in [0.1, 0.15) is 5.75 Å². The van der Waals surface area contributed by atoms with E-state index >= 15 is 0 Å². The molecule has 2 aromatic carbocycles. The lowest BCUT2D eigenvalue weighted by atomic mass is 10.0. The van der Waals surface area contributed by atoms with Crippen LogP contribution in [0.1, 0.15) is 30.1 Å². The minimum absolute atomic E-state index is 0.0464. The van der Waals surface area contributed by atoms with Crippen molar-refractivity contribution in [2.24, 2.45) is 0 Å². The average molecular weight is 387 g/mol. The van der Waals surface area contributed by atoms with E-state index in [0.717, 1.165) is 0 Å². The topological polar surface area (TPSA) is 75.7 Å². The molecule has 0 saturated heterocycles. The highest BCUT2D eigenvalue weighted by molar-refractivity contribution is 6.30. The Morgan fingerprint density at radius 1 is 1.19 bits per heavy atom. The van der Waals surface area contributed by atoms with Crippen molar-refractivity contribution in [3.8, 4) is 5.75 Å². The molecule has 2 amide bonds. The summed E-state index contributed by atoms with van der Waals surface area (Å²) in [6, 6.07) is 11.7. The number of fused-ring (bicyclic) bond motifs is 1. The predicted molar refractivity (Wildman–Crippen MR) is 104 cm³/mol. The molecule has 3 rings (SSSR count). The van der Waals surface area contributed by atoms with E-state index in [-0.39, 0.29) is 30.4 Å². The van der Waals surface area contributed by atoms with Gasteiger partial charge in [-0.1, -0.05) is 17.7 Å². The maximum Gasteiger partial charge on any atom is 0.267 e. The Balaban J connectivity index is 1.63. The van der Waals surface area contributed by atoms with Gasteiger partial charge in [0.25, 0.3) is 5.91 Å². The monoisotopic (exact) mass is 386 g/mol. The van der Waals surface area contributed by atoms with Crippen molar-refractivity contribution in [2.45, 2.75) is 25.9 Å². The standard InChI is InChI=1S/C20H19ClN2O4/c1-12-20(26)23(2)16-10-13(6-8-18(16)27-12)17(24)7-9-19(25)22-15-5-3-4-14(21)11-15/h3-6,8,10-12H,7,9H2,1-2H3,(H,22,25). The van der Waals surface area contributed by atoms with Crippen LogP contribution in [0.5, 0.6) is 5.75 Å². The third-order valence-electron chi connectivity index (χ3n) is 4.31. The lowest BCUT2D eigenvalue weighted by Gasteiger charge is -2.30. The van der Waals surface area contributed by atoms with Crippen LogP contribution in [0.2, 0.25) is 5.02 Å². The first-order valence-corrected chi connectivity index (χ1v) is 8.90. The molecule has 7 heteroatoms. The number of benzene rings is 2. The number of carbonyl (C=O) groups is 3. The molecule has 1 aliphatic heterocycles. The summed E-state index contributed by atoms with van der Waals surface area (Å²) in [6.07, 6.45) is -0.454. The first-order valence-electron chi connectivity index (χ1n) is 8.52. The first kappa shape index (κ1) is 18.9. The number of anilines is 2. The number of ether oxygens (including phenoxy) is 1. The minimum atomic E-state index is -0.556. The number of rotatable bonds is 5. The molecule has 140 valence electrons. The zero-order chi connectivity index (χ0) is 19.6. The van der Waals surface area contributed by atoms with E-state index in [1.165, 1.54) is 4.90 Å².